The quantitative estimate of drug-likeness (QED) is 0.633. The number of carbonyl (C=O) groups excluding carboxylic acids is 1. The lowest BCUT2D eigenvalue weighted by Gasteiger charge is -2.19. The van der Waals surface area contributed by atoms with Crippen molar-refractivity contribution in [1.82, 2.24) is 9.62 Å². The minimum Gasteiger partial charge on any atom is -0.435 e. The van der Waals surface area contributed by atoms with Gasteiger partial charge in [0.25, 0.3) is 5.91 Å². The van der Waals surface area contributed by atoms with Crippen molar-refractivity contribution in [3.05, 3.63) is 58.6 Å². The molecule has 1 amide bonds. The van der Waals surface area contributed by atoms with Crippen molar-refractivity contribution in [2.45, 2.75) is 31.9 Å². The van der Waals surface area contributed by atoms with E-state index in [0.717, 1.165) is 0 Å². The van der Waals surface area contributed by atoms with Gasteiger partial charge in [-0.2, -0.15) is 13.1 Å². The maximum absolute atomic E-state index is 12.7. The Hall–Kier alpha value is -2.23. The first-order chi connectivity index (χ1) is 13.7. The number of carbonyl (C=O) groups is 1. The normalized spacial score (nSPS) is 11.7. The van der Waals surface area contributed by atoms with E-state index in [-0.39, 0.29) is 40.9 Å². The lowest BCUT2D eigenvalue weighted by molar-refractivity contribution is -0.0498. The molecular formula is C19H21ClF2N2O4S. The summed E-state index contributed by atoms with van der Waals surface area (Å²) in [5.74, 6) is -0.482. The van der Waals surface area contributed by atoms with Gasteiger partial charge in [-0.05, 0) is 35.9 Å². The van der Waals surface area contributed by atoms with Crippen molar-refractivity contribution in [3.63, 3.8) is 0 Å². The number of alkyl halides is 2. The van der Waals surface area contributed by atoms with E-state index < -0.39 is 22.5 Å². The Morgan fingerprint density at radius 3 is 2.31 bits per heavy atom. The molecule has 0 aliphatic carbocycles. The third-order valence-electron chi connectivity index (χ3n) is 4.12. The highest BCUT2D eigenvalue weighted by atomic mass is 35.5. The second-order valence-electron chi connectivity index (χ2n) is 5.94. The van der Waals surface area contributed by atoms with Crippen molar-refractivity contribution in [3.8, 4) is 5.75 Å². The van der Waals surface area contributed by atoms with Gasteiger partial charge in [0.2, 0.25) is 10.0 Å². The van der Waals surface area contributed by atoms with Crippen LogP contribution in [-0.4, -0.2) is 38.3 Å². The van der Waals surface area contributed by atoms with Crippen molar-refractivity contribution >= 4 is 27.5 Å². The molecule has 2 aromatic rings. The maximum Gasteiger partial charge on any atom is 0.387 e. The number of rotatable bonds is 9. The van der Waals surface area contributed by atoms with Gasteiger partial charge in [0.1, 0.15) is 10.6 Å². The molecule has 158 valence electrons. The molecule has 0 aliphatic heterocycles. The Kier molecular flexibility index (Phi) is 7.95. The number of amides is 1. The number of nitrogens with one attached hydrogen (secondary N) is 1. The molecule has 0 fully saturated rings. The average molecular weight is 447 g/mol. The van der Waals surface area contributed by atoms with Crippen LogP contribution in [0.15, 0.2) is 47.4 Å². The summed E-state index contributed by atoms with van der Waals surface area (Å²) in [7, 11) is -3.82. The fourth-order valence-corrected chi connectivity index (χ4v) is 4.58. The van der Waals surface area contributed by atoms with Crippen LogP contribution in [0.4, 0.5) is 8.78 Å². The van der Waals surface area contributed by atoms with Gasteiger partial charge in [0, 0.05) is 25.2 Å². The molecule has 0 aliphatic rings. The molecule has 2 rings (SSSR count). The van der Waals surface area contributed by atoms with Crippen LogP contribution in [0.1, 0.15) is 29.8 Å². The number of sulfonamides is 1. The summed E-state index contributed by atoms with van der Waals surface area (Å²) in [6.45, 7) is 1.18. The lowest BCUT2D eigenvalue weighted by Crippen LogP contribution is -2.31. The van der Waals surface area contributed by atoms with Gasteiger partial charge in [0.15, 0.2) is 0 Å². The van der Waals surface area contributed by atoms with Crippen LogP contribution in [0, 0.1) is 0 Å². The second kappa shape index (κ2) is 10.00. The Labute approximate surface area is 173 Å². The van der Waals surface area contributed by atoms with E-state index in [0.29, 0.717) is 5.56 Å². The third-order valence-corrected chi connectivity index (χ3v) is 6.65. The molecule has 10 heteroatoms. The van der Waals surface area contributed by atoms with Crippen molar-refractivity contribution < 1.29 is 26.7 Å². The number of nitrogens with zero attached hydrogens (tertiary/aromatic N) is 1. The molecule has 0 radical (unpaired) electrons. The second-order valence-corrected chi connectivity index (χ2v) is 8.25. The van der Waals surface area contributed by atoms with Crippen LogP contribution in [-0.2, 0) is 16.6 Å². The molecule has 29 heavy (non-hydrogen) atoms. The first-order valence-electron chi connectivity index (χ1n) is 8.80. The zero-order chi connectivity index (χ0) is 21.6. The molecule has 0 saturated heterocycles. The third kappa shape index (κ3) is 5.88. The van der Waals surface area contributed by atoms with E-state index in [2.05, 4.69) is 10.1 Å². The largest absolute Gasteiger partial charge is 0.435 e. The van der Waals surface area contributed by atoms with Crippen molar-refractivity contribution in [1.29, 1.82) is 0 Å². The summed E-state index contributed by atoms with van der Waals surface area (Å²) in [5.41, 5.74) is 0.794. The molecule has 0 unspecified atom stereocenters. The monoisotopic (exact) mass is 446 g/mol. The number of ether oxygens (including phenoxy) is 1. The molecule has 0 bridgehead atoms. The fourth-order valence-electron chi connectivity index (χ4n) is 2.62. The SMILES string of the molecule is CCN(CC)S(=O)(=O)c1cc(C(=O)NCc2ccc(OC(F)F)cc2)ccc1Cl. The maximum atomic E-state index is 12.7. The van der Waals surface area contributed by atoms with Crippen LogP contribution in [0.25, 0.3) is 0 Å². The van der Waals surface area contributed by atoms with Crippen LogP contribution >= 0.6 is 11.6 Å². The van der Waals surface area contributed by atoms with E-state index in [9.17, 15) is 22.0 Å². The van der Waals surface area contributed by atoms with Gasteiger partial charge in [0.05, 0.1) is 5.02 Å². The van der Waals surface area contributed by atoms with Gasteiger partial charge in [-0.25, -0.2) is 8.42 Å². The molecule has 6 nitrogen and oxygen atoms in total. The first kappa shape index (κ1) is 23.1. The van der Waals surface area contributed by atoms with Gasteiger partial charge in [-0.15, -0.1) is 0 Å². The topological polar surface area (TPSA) is 75.7 Å². The standard InChI is InChI=1S/C19H21ClF2N2O4S/c1-3-24(4-2)29(26,27)17-11-14(7-10-16(17)20)18(25)23-12-13-5-8-15(9-6-13)28-19(21)22/h5-11,19H,3-4,12H2,1-2H3,(H,23,25). The lowest BCUT2D eigenvalue weighted by atomic mass is 10.2. The highest BCUT2D eigenvalue weighted by Crippen LogP contribution is 2.26. The molecule has 0 spiro atoms. The highest BCUT2D eigenvalue weighted by Gasteiger charge is 2.25. The van der Waals surface area contributed by atoms with Gasteiger partial charge < -0.3 is 10.1 Å². The number of halogens is 3. The van der Waals surface area contributed by atoms with Gasteiger partial charge in [-0.1, -0.05) is 37.6 Å². The van der Waals surface area contributed by atoms with Crippen LogP contribution in [0.2, 0.25) is 5.02 Å². The summed E-state index contributed by atoms with van der Waals surface area (Å²) in [4.78, 5) is 12.3. The molecule has 0 heterocycles. The average Bonchev–Trinajstić information content (AvgIpc) is 2.67. The molecule has 1 N–H and O–H groups in total. The molecule has 0 aromatic heterocycles. The summed E-state index contributed by atoms with van der Waals surface area (Å²) in [6, 6.07) is 9.84. The van der Waals surface area contributed by atoms with Crippen molar-refractivity contribution in [2.24, 2.45) is 0 Å². The Bertz CT molecular complexity index is 949. The zero-order valence-electron chi connectivity index (χ0n) is 15.9. The minimum atomic E-state index is -3.82. The van der Waals surface area contributed by atoms with Gasteiger partial charge >= 0.3 is 6.61 Å². The van der Waals surface area contributed by atoms with E-state index >= 15 is 0 Å². The smallest absolute Gasteiger partial charge is 0.387 e. The molecular weight excluding hydrogens is 426 g/mol. The predicted octanol–water partition coefficient (Wildman–Crippen LogP) is 3.90. The van der Waals surface area contributed by atoms with Crippen LogP contribution in [0.5, 0.6) is 5.75 Å². The summed E-state index contributed by atoms with van der Waals surface area (Å²) in [6.07, 6.45) is 0. The first-order valence-corrected chi connectivity index (χ1v) is 10.6. The fraction of sp³-hybridized carbons (Fsp3) is 0.316. The minimum absolute atomic E-state index is 0.0130. The van der Waals surface area contributed by atoms with E-state index in [1.54, 1.807) is 13.8 Å². The number of hydrogen-bond donors (Lipinski definition) is 1. The zero-order valence-corrected chi connectivity index (χ0v) is 17.4. The van der Waals surface area contributed by atoms with E-state index in [4.69, 9.17) is 11.6 Å². The summed E-state index contributed by atoms with van der Waals surface area (Å²) in [5, 5.41) is 2.68. The Morgan fingerprint density at radius 2 is 1.76 bits per heavy atom. The van der Waals surface area contributed by atoms with E-state index in [1.165, 1.54) is 46.8 Å². The Balaban J connectivity index is 2.14. The number of benzene rings is 2. The van der Waals surface area contributed by atoms with Crippen LogP contribution in [0.3, 0.4) is 0 Å². The Morgan fingerprint density at radius 1 is 1.14 bits per heavy atom. The van der Waals surface area contributed by atoms with E-state index in [1.807, 2.05) is 0 Å². The molecule has 0 atom stereocenters. The summed E-state index contributed by atoms with van der Waals surface area (Å²) < 4.78 is 55.3. The molecule has 0 saturated carbocycles. The highest BCUT2D eigenvalue weighted by molar-refractivity contribution is 7.89. The summed E-state index contributed by atoms with van der Waals surface area (Å²) >= 11 is 6.06. The predicted molar refractivity (Wildman–Crippen MR) is 106 cm³/mol. The van der Waals surface area contributed by atoms with Crippen LogP contribution < -0.4 is 10.1 Å². The van der Waals surface area contributed by atoms with Gasteiger partial charge in [-0.3, -0.25) is 4.79 Å². The number of hydrogen-bond acceptors (Lipinski definition) is 4. The molecule has 2 aromatic carbocycles. The van der Waals surface area contributed by atoms with Crippen molar-refractivity contribution in [2.75, 3.05) is 13.1 Å².